The third-order valence-corrected chi connectivity index (χ3v) is 4.77. The number of anilines is 2. The number of hydrogen-bond acceptors (Lipinski definition) is 9. The van der Waals surface area contributed by atoms with Crippen LogP contribution in [0.5, 0.6) is 0 Å². The van der Waals surface area contributed by atoms with Crippen molar-refractivity contribution >= 4 is 34.6 Å². The summed E-state index contributed by atoms with van der Waals surface area (Å²) >= 11 is 6.26. The van der Waals surface area contributed by atoms with E-state index in [4.69, 9.17) is 17.3 Å². The first kappa shape index (κ1) is 18.7. The maximum absolute atomic E-state index is 10.9. The van der Waals surface area contributed by atoms with Crippen LogP contribution in [0.1, 0.15) is 19.5 Å². The number of oxime groups is 1. The monoisotopic (exact) mass is 395 g/mol. The van der Waals surface area contributed by atoms with Gasteiger partial charge in [0.1, 0.15) is 0 Å². The molecule has 0 aliphatic carbocycles. The zero-order chi connectivity index (χ0) is 19.7. The van der Waals surface area contributed by atoms with Gasteiger partial charge in [0.15, 0.2) is 11.5 Å². The molecule has 0 amide bonds. The number of non-ortho nitro benzene ring substituents is 1. The van der Waals surface area contributed by atoms with Gasteiger partial charge in [-0.3, -0.25) is 10.1 Å². The van der Waals surface area contributed by atoms with Crippen molar-refractivity contribution in [3.8, 4) is 0 Å². The Balaban J connectivity index is 1.85. The number of nitro groups is 1. The first-order chi connectivity index (χ1) is 12.8. The van der Waals surface area contributed by atoms with Crippen molar-refractivity contribution in [1.82, 2.24) is 15.2 Å². The van der Waals surface area contributed by atoms with Crippen molar-refractivity contribution in [3.63, 3.8) is 0 Å². The zero-order valence-electron chi connectivity index (χ0n) is 14.6. The average molecular weight is 396 g/mol. The number of nitrogens with two attached hydrogens (primary N) is 1. The highest BCUT2D eigenvalue weighted by Gasteiger charge is 2.35. The average Bonchev–Trinajstić information content (AvgIpc) is 3.03. The van der Waals surface area contributed by atoms with Crippen LogP contribution in [0.4, 0.5) is 17.2 Å². The van der Waals surface area contributed by atoms with E-state index in [9.17, 15) is 15.3 Å². The predicted molar refractivity (Wildman–Crippen MR) is 98.1 cm³/mol. The maximum Gasteiger partial charge on any atom is 0.271 e. The van der Waals surface area contributed by atoms with Crippen LogP contribution in [0.25, 0.3) is 0 Å². The minimum absolute atomic E-state index is 0.0306. The molecule has 2 atom stereocenters. The minimum Gasteiger partial charge on any atom is -0.409 e. The fraction of sp³-hybridized carbons (Fsp3) is 0.400. The summed E-state index contributed by atoms with van der Waals surface area (Å²) in [5.41, 5.74) is 6.52. The van der Waals surface area contributed by atoms with Gasteiger partial charge in [0.05, 0.1) is 15.6 Å². The van der Waals surface area contributed by atoms with Crippen LogP contribution in [-0.2, 0) is 0 Å². The van der Waals surface area contributed by atoms with Crippen LogP contribution >= 0.6 is 11.6 Å². The Morgan fingerprint density at radius 3 is 2.56 bits per heavy atom. The van der Waals surface area contributed by atoms with E-state index in [0.29, 0.717) is 23.8 Å². The number of hydrogen-bond donors (Lipinski definition) is 2. The lowest BCUT2D eigenvalue weighted by Crippen LogP contribution is -2.59. The normalized spacial score (nSPS) is 20.8. The Kier molecular flexibility index (Phi) is 5.04. The third kappa shape index (κ3) is 3.45. The molecule has 1 aromatic carbocycles. The smallest absolute Gasteiger partial charge is 0.271 e. The molecular formula is C15H18ClN7O4. The van der Waals surface area contributed by atoms with Gasteiger partial charge in [-0.05, 0) is 30.2 Å². The van der Waals surface area contributed by atoms with E-state index in [1.165, 1.54) is 12.1 Å². The molecule has 2 heterocycles. The molecule has 1 aliphatic heterocycles. The van der Waals surface area contributed by atoms with Crippen LogP contribution in [0, 0.1) is 10.1 Å². The lowest BCUT2D eigenvalue weighted by molar-refractivity contribution is -0.384. The van der Waals surface area contributed by atoms with Crippen LogP contribution in [0.2, 0.25) is 5.02 Å². The molecule has 2 aromatic rings. The number of nitrogens with zero attached hydrogens (tertiary/aromatic N) is 6. The maximum atomic E-state index is 10.9. The second-order valence-electron chi connectivity index (χ2n) is 6.32. The number of benzene rings is 1. The Labute approximate surface area is 159 Å². The van der Waals surface area contributed by atoms with Crippen molar-refractivity contribution in [2.45, 2.75) is 25.9 Å². The van der Waals surface area contributed by atoms with Crippen molar-refractivity contribution in [3.05, 3.63) is 39.0 Å². The van der Waals surface area contributed by atoms with Gasteiger partial charge in [-0.1, -0.05) is 16.8 Å². The van der Waals surface area contributed by atoms with Crippen LogP contribution in [-0.4, -0.2) is 56.4 Å². The second kappa shape index (κ2) is 7.27. The molecule has 1 fully saturated rings. The lowest BCUT2D eigenvalue weighted by Gasteiger charge is -2.46. The number of nitro benzene ring substituents is 1. The standard InChI is InChI=1S/C15H18ClN7O4/c1-8-6-21(12-4-3-10(23(25)26)5-11(12)16)7-9(2)22(8)15(18-24)13-14(17)20-27-19-13/h3-5,8-9,24H,6-7H2,1-2H3,(H2,17,20)/t8-,9-/m0/s1. The molecule has 0 unspecified atom stereocenters. The van der Waals surface area contributed by atoms with Gasteiger partial charge in [0, 0.05) is 37.3 Å². The number of piperazine rings is 1. The Morgan fingerprint density at radius 2 is 2.07 bits per heavy atom. The molecule has 0 saturated carbocycles. The van der Waals surface area contributed by atoms with E-state index >= 15 is 0 Å². The highest BCUT2D eigenvalue weighted by molar-refractivity contribution is 6.33. The molecule has 1 aromatic heterocycles. The van der Waals surface area contributed by atoms with Gasteiger partial charge in [-0.25, -0.2) is 4.63 Å². The molecular weight excluding hydrogens is 378 g/mol. The van der Waals surface area contributed by atoms with Gasteiger partial charge < -0.3 is 20.7 Å². The summed E-state index contributed by atoms with van der Waals surface area (Å²) < 4.78 is 4.60. The van der Waals surface area contributed by atoms with E-state index < -0.39 is 4.92 Å². The highest BCUT2D eigenvalue weighted by Crippen LogP contribution is 2.32. The molecule has 12 heteroatoms. The van der Waals surface area contributed by atoms with Crippen LogP contribution < -0.4 is 10.6 Å². The number of aromatic nitrogens is 2. The fourth-order valence-corrected chi connectivity index (χ4v) is 3.67. The van der Waals surface area contributed by atoms with Gasteiger partial charge >= 0.3 is 0 Å². The SMILES string of the molecule is C[C@H]1CN(c2ccc([N+](=O)[O-])cc2Cl)C[C@H](C)N1C(=NO)c1nonc1N. The van der Waals surface area contributed by atoms with E-state index in [1.54, 1.807) is 6.07 Å². The highest BCUT2D eigenvalue weighted by atomic mass is 35.5. The minimum atomic E-state index is -0.487. The fourth-order valence-electron chi connectivity index (χ4n) is 3.37. The molecule has 27 heavy (non-hydrogen) atoms. The van der Waals surface area contributed by atoms with E-state index in [0.717, 1.165) is 0 Å². The molecule has 0 radical (unpaired) electrons. The molecule has 11 nitrogen and oxygen atoms in total. The van der Waals surface area contributed by atoms with Crippen LogP contribution in [0.3, 0.4) is 0 Å². The lowest BCUT2D eigenvalue weighted by atomic mass is 10.1. The van der Waals surface area contributed by atoms with Gasteiger partial charge in [-0.2, -0.15) is 0 Å². The summed E-state index contributed by atoms with van der Waals surface area (Å²) in [5, 5.41) is 31.3. The van der Waals surface area contributed by atoms with Gasteiger partial charge in [0.2, 0.25) is 5.84 Å². The number of halogens is 1. The first-order valence-electron chi connectivity index (χ1n) is 8.11. The van der Waals surface area contributed by atoms with Crippen LogP contribution in [0.15, 0.2) is 28.0 Å². The number of amidine groups is 1. The predicted octanol–water partition coefficient (Wildman–Crippen LogP) is 1.95. The Bertz CT molecular complexity index is 875. The Morgan fingerprint density at radius 1 is 1.41 bits per heavy atom. The summed E-state index contributed by atoms with van der Waals surface area (Å²) in [6.45, 7) is 4.95. The van der Waals surface area contributed by atoms with Gasteiger partial charge in [0.25, 0.3) is 5.69 Å². The molecule has 3 rings (SSSR count). The van der Waals surface area contributed by atoms with E-state index in [-0.39, 0.29) is 35.1 Å². The van der Waals surface area contributed by atoms with Crippen molar-refractivity contribution in [1.29, 1.82) is 0 Å². The summed E-state index contributed by atoms with van der Waals surface area (Å²) in [5.74, 6) is 0.200. The number of nitrogen functional groups attached to an aromatic ring is 1. The second-order valence-corrected chi connectivity index (χ2v) is 6.73. The third-order valence-electron chi connectivity index (χ3n) is 4.47. The van der Waals surface area contributed by atoms with Crippen molar-refractivity contribution < 1.29 is 14.8 Å². The zero-order valence-corrected chi connectivity index (χ0v) is 15.4. The summed E-state index contributed by atoms with van der Waals surface area (Å²) in [7, 11) is 0. The molecule has 1 aliphatic rings. The molecule has 3 N–H and O–H groups in total. The summed E-state index contributed by atoms with van der Waals surface area (Å²) in [6.07, 6.45) is 0. The molecule has 0 spiro atoms. The Hall–Kier alpha value is -3.08. The van der Waals surface area contributed by atoms with Crippen molar-refractivity contribution in [2.75, 3.05) is 23.7 Å². The van der Waals surface area contributed by atoms with Gasteiger partial charge in [-0.15, -0.1) is 0 Å². The number of rotatable bonds is 3. The van der Waals surface area contributed by atoms with E-state index in [1.807, 2.05) is 23.6 Å². The summed E-state index contributed by atoms with van der Waals surface area (Å²) in [4.78, 5) is 14.3. The quantitative estimate of drug-likeness (QED) is 0.261. The molecule has 0 bridgehead atoms. The molecule has 1 saturated heterocycles. The first-order valence-corrected chi connectivity index (χ1v) is 8.49. The summed E-state index contributed by atoms with van der Waals surface area (Å²) in [6, 6.07) is 4.17. The largest absolute Gasteiger partial charge is 0.409 e. The topological polar surface area (TPSA) is 147 Å². The van der Waals surface area contributed by atoms with E-state index in [2.05, 4.69) is 20.1 Å². The molecule has 144 valence electrons. The van der Waals surface area contributed by atoms with Crippen molar-refractivity contribution in [2.24, 2.45) is 5.16 Å².